The average Bonchev–Trinajstić information content (AvgIpc) is 2.19. The van der Waals surface area contributed by atoms with Gasteiger partial charge in [0.1, 0.15) is 11.6 Å². The van der Waals surface area contributed by atoms with Gasteiger partial charge in [-0.1, -0.05) is 0 Å². The molecule has 0 bridgehead atoms. The summed E-state index contributed by atoms with van der Waals surface area (Å²) in [5.41, 5.74) is -0.745. The Morgan fingerprint density at radius 1 is 1.50 bits per heavy atom. The maximum atomic E-state index is 11.6. The number of rotatable bonds is 3. The molecule has 0 aromatic carbocycles. The van der Waals surface area contributed by atoms with Gasteiger partial charge in [0.25, 0.3) is 5.56 Å². The Bertz CT molecular complexity index is 459. The molecule has 0 radical (unpaired) electrons. The summed E-state index contributed by atoms with van der Waals surface area (Å²) in [5, 5.41) is 8.52. The van der Waals surface area contributed by atoms with Gasteiger partial charge in [-0.3, -0.25) is 9.53 Å². The van der Waals surface area contributed by atoms with Crippen LogP contribution in [0, 0.1) is 11.3 Å². The fourth-order valence-corrected chi connectivity index (χ4v) is 1.06. The number of nitriles is 1. The predicted octanol–water partition coefficient (Wildman–Crippen LogP) is 1.26. The van der Waals surface area contributed by atoms with Gasteiger partial charge in [-0.15, -0.1) is 13.2 Å². The Balaban J connectivity index is 2.69. The van der Waals surface area contributed by atoms with Crippen LogP contribution in [0.4, 0.5) is 13.2 Å². The zero-order valence-corrected chi connectivity index (χ0v) is 7.99. The highest BCUT2D eigenvalue weighted by Gasteiger charge is 2.28. The molecule has 0 amide bonds. The SMILES string of the molecule is N#Cc1cccn(CCOC(F)(F)F)c1=O. The van der Waals surface area contributed by atoms with E-state index in [0.29, 0.717) is 0 Å². The van der Waals surface area contributed by atoms with Crippen LogP contribution in [-0.4, -0.2) is 17.5 Å². The zero-order chi connectivity index (χ0) is 12.2. The van der Waals surface area contributed by atoms with E-state index in [1.54, 1.807) is 6.07 Å². The van der Waals surface area contributed by atoms with Crippen LogP contribution in [0.5, 0.6) is 0 Å². The summed E-state index contributed by atoms with van der Waals surface area (Å²) in [7, 11) is 0. The molecule has 1 heterocycles. The summed E-state index contributed by atoms with van der Waals surface area (Å²) in [6, 6.07) is 4.35. The molecule has 1 aromatic rings. The normalized spacial score (nSPS) is 11.1. The third-order valence-electron chi connectivity index (χ3n) is 1.74. The number of ether oxygens (including phenoxy) is 1. The summed E-state index contributed by atoms with van der Waals surface area (Å²) in [6.45, 7) is -0.924. The minimum Gasteiger partial charge on any atom is -0.312 e. The molecule has 0 unspecified atom stereocenters. The molecular formula is C9H7F3N2O2. The van der Waals surface area contributed by atoms with Crippen molar-refractivity contribution in [1.29, 1.82) is 5.26 Å². The first-order chi connectivity index (χ1) is 7.44. The van der Waals surface area contributed by atoms with Crippen molar-refractivity contribution in [2.75, 3.05) is 6.61 Å². The van der Waals surface area contributed by atoms with E-state index in [1.807, 2.05) is 0 Å². The molecule has 0 aliphatic heterocycles. The standard InChI is InChI=1S/C9H7F3N2O2/c10-9(11,12)16-5-4-14-3-1-2-7(6-13)8(14)15/h1-3H,4-5H2. The second-order valence-corrected chi connectivity index (χ2v) is 2.83. The van der Waals surface area contributed by atoms with Crippen molar-refractivity contribution in [3.63, 3.8) is 0 Å². The fraction of sp³-hybridized carbons (Fsp3) is 0.333. The molecule has 0 atom stereocenters. The lowest BCUT2D eigenvalue weighted by molar-refractivity contribution is -0.325. The molecule has 0 saturated carbocycles. The Kier molecular flexibility index (Phi) is 3.68. The number of pyridine rings is 1. The third-order valence-corrected chi connectivity index (χ3v) is 1.74. The molecule has 0 aliphatic rings. The molecule has 0 saturated heterocycles. The number of halogens is 3. The minimum absolute atomic E-state index is 0.116. The first-order valence-electron chi connectivity index (χ1n) is 4.24. The monoisotopic (exact) mass is 232 g/mol. The first kappa shape index (κ1) is 12.3. The van der Waals surface area contributed by atoms with Gasteiger partial charge in [-0.2, -0.15) is 5.26 Å². The van der Waals surface area contributed by atoms with Gasteiger partial charge in [-0.25, -0.2) is 0 Å². The van der Waals surface area contributed by atoms with E-state index < -0.39 is 18.5 Å². The molecule has 4 nitrogen and oxygen atoms in total. The number of aromatic nitrogens is 1. The lowest BCUT2D eigenvalue weighted by Crippen LogP contribution is -2.25. The van der Waals surface area contributed by atoms with Crippen molar-refractivity contribution < 1.29 is 17.9 Å². The van der Waals surface area contributed by atoms with Gasteiger partial charge >= 0.3 is 6.36 Å². The summed E-state index contributed by atoms with van der Waals surface area (Å²) in [6.07, 6.45) is -3.42. The Morgan fingerprint density at radius 3 is 2.75 bits per heavy atom. The predicted molar refractivity (Wildman–Crippen MR) is 47.4 cm³/mol. The molecule has 86 valence electrons. The van der Waals surface area contributed by atoms with E-state index in [0.717, 1.165) is 4.57 Å². The van der Waals surface area contributed by atoms with Crippen LogP contribution >= 0.6 is 0 Å². The Morgan fingerprint density at radius 2 is 2.19 bits per heavy atom. The third kappa shape index (κ3) is 3.40. The van der Waals surface area contributed by atoms with Crippen LogP contribution in [0.15, 0.2) is 23.1 Å². The van der Waals surface area contributed by atoms with E-state index in [4.69, 9.17) is 5.26 Å². The lowest BCUT2D eigenvalue weighted by atomic mass is 10.3. The molecule has 0 N–H and O–H groups in total. The van der Waals surface area contributed by atoms with Crippen molar-refractivity contribution in [2.45, 2.75) is 12.9 Å². The molecule has 1 aromatic heterocycles. The van der Waals surface area contributed by atoms with Crippen molar-refractivity contribution in [3.05, 3.63) is 34.2 Å². The summed E-state index contributed by atoms with van der Waals surface area (Å²) >= 11 is 0. The quantitative estimate of drug-likeness (QED) is 0.788. The van der Waals surface area contributed by atoms with Crippen LogP contribution < -0.4 is 5.56 Å². The van der Waals surface area contributed by atoms with E-state index in [2.05, 4.69) is 4.74 Å². The van der Waals surface area contributed by atoms with Gasteiger partial charge in [0.05, 0.1) is 6.61 Å². The van der Waals surface area contributed by atoms with Gasteiger partial charge in [0, 0.05) is 12.7 Å². The molecular weight excluding hydrogens is 225 g/mol. The lowest BCUT2D eigenvalue weighted by Gasteiger charge is -2.08. The van der Waals surface area contributed by atoms with Crippen molar-refractivity contribution in [1.82, 2.24) is 4.57 Å². The number of alkyl halides is 3. The highest BCUT2D eigenvalue weighted by molar-refractivity contribution is 5.24. The molecule has 0 fully saturated rings. The molecule has 7 heteroatoms. The Hall–Kier alpha value is -1.81. The molecule has 1 rings (SSSR count). The smallest absolute Gasteiger partial charge is 0.312 e. The molecule has 0 aliphatic carbocycles. The zero-order valence-electron chi connectivity index (χ0n) is 7.99. The van der Waals surface area contributed by atoms with E-state index in [1.165, 1.54) is 18.3 Å². The van der Waals surface area contributed by atoms with Crippen molar-refractivity contribution >= 4 is 0 Å². The Labute approximate surface area is 88.5 Å². The minimum atomic E-state index is -4.71. The number of nitrogens with zero attached hydrogens (tertiary/aromatic N) is 2. The van der Waals surface area contributed by atoms with Crippen LogP contribution in [0.3, 0.4) is 0 Å². The van der Waals surface area contributed by atoms with Crippen LogP contribution in [0.25, 0.3) is 0 Å². The average molecular weight is 232 g/mol. The fourth-order valence-electron chi connectivity index (χ4n) is 1.06. The number of hydrogen-bond donors (Lipinski definition) is 0. The van der Waals surface area contributed by atoms with Crippen molar-refractivity contribution in [3.8, 4) is 6.07 Å². The van der Waals surface area contributed by atoms with Gasteiger partial charge in [0.15, 0.2) is 0 Å². The maximum Gasteiger partial charge on any atom is 0.522 e. The topological polar surface area (TPSA) is 55.0 Å². The van der Waals surface area contributed by atoms with Gasteiger partial charge in [0.2, 0.25) is 0 Å². The summed E-state index contributed by atoms with van der Waals surface area (Å²) in [4.78, 5) is 11.4. The largest absolute Gasteiger partial charge is 0.522 e. The first-order valence-corrected chi connectivity index (χ1v) is 4.24. The molecule has 16 heavy (non-hydrogen) atoms. The summed E-state index contributed by atoms with van der Waals surface area (Å²) in [5.74, 6) is 0. The van der Waals surface area contributed by atoms with Crippen LogP contribution in [0.1, 0.15) is 5.56 Å². The van der Waals surface area contributed by atoms with Crippen molar-refractivity contribution in [2.24, 2.45) is 0 Å². The van der Waals surface area contributed by atoms with Gasteiger partial charge in [-0.05, 0) is 12.1 Å². The van der Waals surface area contributed by atoms with E-state index in [-0.39, 0.29) is 12.1 Å². The van der Waals surface area contributed by atoms with E-state index in [9.17, 15) is 18.0 Å². The second kappa shape index (κ2) is 4.81. The van der Waals surface area contributed by atoms with E-state index >= 15 is 0 Å². The van der Waals surface area contributed by atoms with Gasteiger partial charge < -0.3 is 4.57 Å². The van der Waals surface area contributed by atoms with Crippen LogP contribution in [0.2, 0.25) is 0 Å². The highest BCUT2D eigenvalue weighted by Crippen LogP contribution is 2.15. The number of hydrogen-bond acceptors (Lipinski definition) is 3. The molecule has 0 spiro atoms. The highest BCUT2D eigenvalue weighted by atomic mass is 19.4. The maximum absolute atomic E-state index is 11.6. The summed E-state index contributed by atoms with van der Waals surface area (Å²) < 4.78 is 39.4. The second-order valence-electron chi connectivity index (χ2n) is 2.83. The van der Waals surface area contributed by atoms with Crippen LogP contribution in [-0.2, 0) is 11.3 Å².